The maximum absolute atomic E-state index is 12.0. The Hall–Kier alpha value is -2.40. The molecule has 4 nitrogen and oxygen atoms in total. The number of fused-ring (bicyclic) bond motifs is 1. The van der Waals surface area contributed by atoms with E-state index in [1.807, 2.05) is 54.6 Å². The number of urea groups is 1. The minimum atomic E-state index is -0.296. The molecule has 0 bridgehead atoms. The fourth-order valence-corrected chi connectivity index (χ4v) is 2.29. The van der Waals surface area contributed by atoms with E-state index in [1.54, 1.807) is 6.20 Å². The van der Waals surface area contributed by atoms with E-state index in [0.29, 0.717) is 5.69 Å². The van der Waals surface area contributed by atoms with E-state index in [1.165, 1.54) is 0 Å². The fraction of sp³-hybridized carbons (Fsp3) is 0. The van der Waals surface area contributed by atoms with Gasteiger partial charge in [0.15, 0.2) is 0 Å². The van der Waals surface area contributed by atoms with Crippen LogP contribution in [0.1, 0.15) is 0 Å². The van der Waals surface area contributed by atoms with Crippen molar-refractivity contribution in [1.29, 1.82) is 0 Å². The van der Waals surface area contributed by atoms with Crippen LogP contribution >= 0.6 is 15.9 Å². The van der Waals surface area contributed by atoms with E-state index < -0.39 is 0 Å². The predicted octanol–water partition coefficient (Wildman–Crippen LogP) is 4.64. The fourth-order valence-electron chi connectivity index (χ4n) is 2.02. The van der Waals surface area contributed by atoms with Gasteiger partial charge >= 0.3 is 6.03 Å². The summed E-state index contributed by atoms with van der Waals surface area (Å²) in [6.45, 7) is 0. The Morgan fingerprint density at radius 3 is 2.52 bits per heavy atom. The average molecular weight is 342 g/mol. The monoisotopic (exact) mass is 341 g/mol. The van der Waals surface area contributed by atoms with Gasteiger partial charge in [-0.25, -0.2) is 4.79 Å². The third-order valence-electron chi connectivity index (χ3n) is 2.98. The van der Waals surface area contributed by atoms with Crippen LogP contribution < -0.4 is 10.6 Å². The average Bonchev–Trinajstić information content (AvgIpc) is 2.50. The molecule has 1 aromatic heterocycles. The Balaban J connectivity index is 1.79. The van der Waals surface area contributed by atoms with Crippen molar-refractivity contribution in [3.63, 3.8) is 0 Å². The summed E-state index contributed by atoms with van der Waals surface area (Å²) in [4.78, 5) is 16.4. The summed E-state index contributed by atoms with van der Waals surface area (Å²) >= 11 is 3.36. The highest BCUT2D eigenvalue weighted by Crippen LogP contribution is 2.21. The number of para-hydroxylation sites is 1. The number of carbonyl (C=O) groups excluding carboxylic acids is 1. The Labute approximate surface area is 130 Å². The molecule has 0 radical (unpaired) electrons. The van der Waals surface area contributed by atoms with Crippen molar-refractivity contribution >= 4 is 44.2 Å². The summed E-state index contributed by atoms with van der Waals surface area (Å²) in [7, 11) is 0. The molecule has 3 aromatic rings. The lowest BCUT2D eigenvalue weighted by atomic mass is 10.2. The molecule has 3 rings (SSSR count). The molecule has 0 aliphatic carbocycles. The van der Waals surface area contributed by atoms with E-state index in [9.17, 15) is 4.79 Å². The molecule has 1 heterocycles. The molecule has 2 amide bonds. The van der Waals surface area contributed by atoms with E-state index in [-0.39, 0.29) is 6.03 Å². The highest BCUT2D eigenvalue weighted by atomic mass is 79.9. The SMILES string of the molecule is O=C(Nc1ccc(Br)cc1)Nc1cccc2cccnc12. The van der Waals surface area contributed by atoms with Gasteiger partial charge in [-0.1, -0.05) is 34.1 Å². The summed E-state index contributed by atoms with van der Waals surface area (Å²) in [6, 6.07) is 16.6. The highest BCUT2D eigenvalue weighted by molar-refractivity contribution is 9.10. The van der Waals surface area contributed by atoms with Gasteiger partial charge in [-0.3, -0.25) is 4.98 Å². The second-order valence-corrected chi connectivity index (χ2v) is 5.38. The first kappa shape index (κ1) is 13.6. The van der Waals surface area contributed by atoms with Crippen LogP contribution in [0.5, 0.6) is 0 Å². The van der Waals surface area contributed by atoms with Crippen molar-refractivity contribution in [1.82, 2.24) is 4.98 Å². The van der Waals surface area contributed by atoms with Crippen molar-refractivity contribution < 1.29 is 4.79 Å². The molecule has 2 N–H and O–H groups in total. The maximum atomic E-state index is 12.0. The van der Waals surface area contributed by atoms with Crippen LogP contribution in [0.3, 0.4) is 0 Å². The Morgan fingerprint density at radius 1 is 0.952 bits per heavy atom. The van der Waals surface area contributed by atoms with Gasteiger partial charge in [0.05, 0.1) is 11.2 Å². The molecule has 0 aliphatic rings. The Morgan fingerprint density at radius 2 is 1.71 bits per heavy atom. The summed E-state index contributed by atoms with van der Waals surface area (Å²) in [6.07, 6.45) is 1.71. The van der Waals surface area contributed by atoms with E-state index in [2.05, 4.69) is 31.5 Å². The molecule has 0 saturated heterocycles. The van der Waals surface area contributed by atoms with Crippen LogP contribution in [0.4, 0.5) is 16.2 Å². The van der Waals surface area contributed by atoms with Crippen LogP contribution in [0, 0.1) is 0 Å². The molecule has 0 unspecified atom stereocenters. The van der Waals surface area contributed by atoms with Gasteiger partial charge < -0.3 is 10.6 Å². The largest absolute Gasteiger partial charge is 0.323 e. The van der Waals surface area contributed by atoms with Gasteiger partial charge in [0.1, 0.15) is 0 Å². The molecular weight excluding hydrogens is 330 g/mol. The van der Waals surface area contributed by atoms with Gasteiger partial charge in [-0.15, -0.1) is 0 Å². The van der Waals surface area contributed by atoms with Crippen LogP contribution in [0.2, 0.25) is 0 Å². The third kappa shape index (κ3) is 3.20. The minimum Gasteiger partial charge on any atom is -0.308 e. The molecule has 0 fully saturated rings. The summed E-state index contributed by atoms with van der Waals surface area (Å²) in [5.74, 6) is 0. The van der Waals surface area contributed by atoms with Crippen LogP contribution in [-0.4, -0.2) is 11.0 Å². The Bertz CT molecular complexity index is 782. The number of halogens is 1. The van der Waals surface area contributed by atoms with E-state index in [0.717, 1.165) is 21.1 Å². The van der Waals surface area contributed by atoms with Crippen molar-refractivity contribution in [2.45, 2.75) is 0 Å². The first-order valence-electron chi connectivity index (χ1n) is 6.40. The normalized spacial score (nSPS) is 10.3. The van der Waals surface area contributed by atoms with Crippen LogP contribution in [0.15, 0.2) is 65.3 Å². The number of pyridine rings is 1. The quantitative estimate of drug-likeness (QED) is 0.713. The summed E-state index contributed by atoms with van der Waals surface area (Å²) < 4.78 is 0.965. The number of aromatic nitrogens is 1. The van der Waals surface area contributed by atoms with Crippen molar-refractivity contribution in [3.05, 3.63) is 65.3 Å². The number of nitrogens with zero attached hydrogens (tertiary/aromatic N) is 1. The molecule has 0 atom stereocenters. The lowest BCUT2D eigenvalue weighted by Crippen LogP contribution is -2.19. The number of carbonyl (C=O) groups is 1. The standard InChI is InChI=1S/C16H12BrN3O/c17-12-6-8-13(9-7-12)19-16(21)20-14-5-1-3-11-4-2-10-18-15(11)14/h1-10H,(H2,19,20,21). The maximum Gasteiger partial charge on any atom is 0.323 e. The van der Waals surface area contributed by atoms with Gasteiger partial charge in [0, 0.05) is 21.7 Å². The van der Waals surface area contributed by atoms with E-state index in [4.69, 9.17) is 0 Å². The van der Waals surface area contributed by atoms with E-state index >= 15 is 0 Å². The molecule has 0 aliphatic heterocycles. The minimum absolute atomic E-state index is 0.296. The second-order valence-electron chi connectivity index (χ2n) is 4.47. The van der Waals surface area contributed by atoms with Gasteiger partial charge in [0.2, 0.25) is 0 Å². The number of nitrogens with one attached hydrogen (secondary N) is 2. The molecular formula is C16H12BrN3O. The second kappa shape index (κ2) is 5.93. The zero-order chi connectivity index (χ0) is 14.7. The zero-order valence-electron chi connectivity index (χ0n) is 11.0. The number of anilines is 2. The highest BCUT2D eigenvalue weighted by Gasteiger charge is 2.06. The predicted molar refractivity (Wildman–Crippen MR) is 88.5 cm³/mol. The summed E-state index contributed by atoms with van der Waals surface area (Å²) in [5.41, 5.74) is 2.18. The van der Waals surface area contributed by atoms with Crippen molar-refractivity contribution in [2.24, 2.45) is 0 Å². The lowest BCUT2D eigenvalue weighted by Gasteiger charge is -2.09. The molecule has 2 aromatic carbocycles. The molecule has 5 heteroatoms. The van der Waals surface area contributed by atoms with Gasteiger partial charge in [0.25, 0.3) is 0 Å². The zero-order valence-corrected chi connectivity index (χ0v) is 12.6. The topological polar surface area (TPSA) is 54.0 Å². The molecule has 21 heavy (non-hydrogen) atoms. The first-order chi connectivity index (χ1) is 10.2. The first-order valence-corrected chi connectivity index (χ1v) is 7.19. The molecule has 104 valence electrons. The van der Waals surface area contributed by atoms with Gasteiger partial charge in [-0.05, 0) is 36.4 Å². The number of amides is 2. The van der Waals surface area contributed by atoms with Crippen LogP contribution in [-0.2, 0) is 0 Å². The molecule has 0 saturated carbocycles. The smallest absolute Gasteiger partial charge is 0.308 e. The number of rotatable bonds is 2. The Kier molecular flexibility index (Phi) is 3.83. The number of hydrogen-bond donors (Lipinski definition) is 2. The number of hydrogen-bond acceptors (Lipinski definition) is 2. The summed E-state index contributed by atoms with van der Waals surface area (Å²) in [5, 5.41) is 6.59. The lowest BCUT2D eigenvalue weighted by molar-refractivity contribution is 0.262. The van der Waals surface area contributed by atoms with Crippen molar-refractivity contribution in [3.8, 4) is 0 Å². The third-order valence-corrected chi connectivity index (χ3v) is 3.51. The van der Waals surface area contributed by atoms with Crippen molar-refractivity contribution in [2.75, 3.05) is 10.6 Å². The van der Waals surface area contributed by atoms with Crippen LogP contribution in [0.25, 0.3) is 10.9 Å². The van der Waals surface area contributed by atoms with Gasteiger partial charge in [-0.2, -0.15) is 0 Å². The number of benzene rings is 2. The molecule has 0 spiro atoms.